The van der Waals surface area contributed by atoms with Crippen LogP contribution < -0.4 is 15.2 Å². The zero-order chi connectivity index (χ0) is 13.1. The average Bonchev–Trinajstić information content (AvgIpc) is 3.13. The number of aromatic nitrogens is 2. The number of nitrogens with one attached hydrogen (secondary N) is 1. The first-order valence-electron chi connectivity index (χ1n) is 5.73. The van der Waals surface area contributed by atoms with E-state index >= 15 is 0 Å². The second kappa shape index (κ2) is 5.07. The summed E-state index contributed by atoms with van der Waals surface area (Å²) in [5, 5.41) is 8.75. The third kappa shape index (κ3) is 2.61. The van der Waals surface area contributed by atoms with Gasteiger partial charge in [0, 0.05) is 12.6 Å². The van der Waals surface area contributed by atoms with Gasteiger partial charge in [0.1, 0.15) is 0 Å². The van der Waals surface area contributed by atoms with Crippen LogP contribution in [-0.2, 0) is 4.79 Å². The minimum Gasteiger partial charge on any atom is -0.489 e. The van der Waals surface area contributed by atoms with E-state index in [4.69, 9.17) is 9.84 Å². The van der Waals surface area contributed by atoms with Gasteiger partial charge in [-0.25, -0.2) is 4.98 Å². The van der Waals surface area contributed by atoms with E-state index in [1.807, 2.05) is 4.90 Å². The number of aromatic amines is 1. The van der Waals surface area contributed by atoms with Crippen LogP contribution in [0.5, 0.6) is 5.75 Å². The Morgan fingerprint density at radius 3 is 2.94 bits per heavy atom. The molecule has 0 radical (unpaired) electrons. The van der Waals surface area contributed by atoms with E-state index in [9.17, 15) is 9.59 Å². The van der Waals surface area contributed by atoms with Gasteiger partial charge in [0.05, 0.1) is 19.9 Å². The highest BCUT2D eigenvalue weighted by molar-refractivity contribution is 5.68. The van der Waals surface area contributed by atoms with Crippen molar-refractivity contribution < 1.29 is 14.6 Å². The Bertz CT molecular complexity index is 495. The molecule has 2 rings (SSSR count). The van der Waals surface area contributed by atoms with Crippen molar-refractivity contribution in [3.8, 4) is 5.75 Å². The Morgan fingerprint density at radius 1 is 1.67 bits per heavy atom. The lowest BCUT2D eigenvalue weighted by Gasteiger charge is -2.23. The van der Waals surface area contributed by atoms with Crippen LogP contribution in [0.15, 0.2) is 11.1 Å². The summed E-state index contributed by atoms with van der Waals surface area (Å²) in [6.45, 7) is 0.326. The fraction of sp³-hybridized carbons (Fsp3) is 0.545. The van der Waals surface area contributed by atoms with Crippen molar-refractivity contribution in [3.05, 3.63) is 16.7 Å². The van der Waals surface area contributed by atoms with E-state index < -0.39 is 5.97 Å². The largest absolute Gasteiger partial charge is 0.489 e. The smallest absolute Gasteiger partial charge is 0.305 e. The number of anilines is 1. The molecule has 2 N–H and O–H groups in total. The molecule has 0 aromatic carbocycles. The molecule has 1 aromatic heterocycles. The first-order chi connectivity index (χ1) is 8.63. The minimum atomic E-state index is -0.871. The summed E-state index contributed by atoms with van der Waals surface area (Å²) >= 11 is 0. The van der Waals surface area contributed by atoms with Crippen molar-refractivity contribution in [3.63, 3.8) is 0 Å². The van der Waals surface area contributed by atoms with Crippen LogP contribution in [0.1, 0.15) is 19.3 Å². The van der Waals surface area contributed by atoms with Crippen LogP contribution in [0, 0.1) is 0 Å². The molecular formula is C11H15N3O4. The van der Waals surface area contributed by atoms with Gasteiger partial charge in [0.25, 0.3) is 5.56 Å². The highest BCUT2D eigenvalue weighted by Crippen LogP contribution is 2.33. The lowest BCUT2D eigenvalue weighted by molar-refractivity contribution is -0.136. The molecule has 0 unspecified atom stereocenters. The number of methoxy groups -OCH3 is 1. The zero-order valence-electron chi connectivity index (χ0n) is 10.0. The second-order valence-corrected chi connectivity index (χ2v) is 4.16. The standard InChI is InChI=1S/C11H15N3O4/c1-18-9-10(12-6-13-11(9)17)14(7-2-3-7)5-4-8(15)16/h6-7H,2-5H2,1H3,(H,15,16)(H,12,13,17). The summed E-state index contributed by atoms with van der Waals surface area (Å²) in [4.78, 5) is 30.6. The lowest BCUT2D eigenvalue weighted by Crippen LogP contribution is -2.31. The fourth-order valence-electron chi connectivity index (χ4n) is 1.83. The highest BCUT2D eigenvalue weighted by Gasteiger charge is 2.32. The van der Waals surface area contributed by atoms with Gasteiger partial charge in [-0.15, -0.1) is 0 Å². The molecule has 18 heavy (non-hydrogen) atoms. The van der Waals surface area contributed by atoms with Crippen LogP contribution >= 0.6 is 0 Å². The maximum atomic E-state index is 11.6. The van der Waals surface area contributed by atoms with Gasteiger partial charge in [-0.1, -0.05) is 0 Å². The number of nitrogens with zero attached hydrogens (tertiary/aromatic N) is 2. The van der Waals surface area contributed by atoms with E-state index in [1.165, 1.54) is 13.4 Å². The van der Waals surface area contributed by atoms with Crippen LogP contribution in [0.2, 0.25) is 0 Å². The molecule has 1 aliphatic carbocycles. The maximum Gasteiger partial charge on any atom is 0.305 e. The SMILES string of the molecule is COc1c(N(CCC(=O)O)C2CC2)nc[nH]c1=O. The molecule has 1 heterocycles. The van der Waals surface area contributed by atoms with Crippen molar-refractivity contribution in [2.24, 2.45) is 0 Å². The van der Waals surface area contributed by atoms with Crippen LogP contribution in [0.3, 0.4) is 0 Å². The van der Waals surface area contributed by atoms with Crippen LogP contribution in [0.25, 0.3) is 0 Å². The second-order valence-electron chi connectivity index (χ2n) is 4.16. The number of ether oxygens (including phenoxy) is 1. The number of carboxylic acid groups (broad SMARTS) is 1. The van der Waals surface area contributed by atoms with E-state index in [1.54, 1.807) is 0 Å². The summed E-state index contributed by atoms with van der Waals surface area (Å²) in [6.07, 6.45) is 3.28. The van der Waals surface area contributed by atoms with E-state index in [0.29, 0.717) is 12.4 Å². The van der Waals surface area contributed by atoms with Crippen molar-refractivity contribution >= 4 is 11.8 Å². The number of aliphatic carboxylic acids is 1. The van der Waals surface area contributed by atoms with Gasteiger partial charge in [0.15, 0.2) is 5.82 Å². The highest BCUT2D eigenvalue weighted by atomic mass is 16.5. The van der Waals surface area contributed by atoms with E-state index in [0.717, 1.165) is 12.8 Å². The topological polar surface area (TPSA) is 95.5 Å². The normalized spacial score (nSPS) is 14.3. The molecule has 1 fully saturated rings. The van der Waals surface area contributed by atoms with Crippen LogP contribution in [0.4, 0.5) is 5.82 Å². The molecule has 0 amide bonds. The number of carbonyl (C=O) groups is 1. The third-order valence-electron chi connectivity index (χ3n) is 2.82. The Morgan fingerprint density at radius 2 is 2.39 bits per heavy atom. The van der Waals surface area contributed by atoms with Crippen LogP contribution in [-0.4, -0.2) is 40.7 Å². The van der Waals surface area contributed by atoms with Crippen molar-refractivity contribution in [1.29, 1.82) is 0 Å². The summed E-state index contributed by atoms with van der Waals surface area (Å²) in [6, 6.07) is 0.257. The summed E-state index contributed by atoms with van der Waals surface area (Å²) < 4.78 is 5.05. The first kappa shape index (κ1) is 12.4. The molecule has 0 bridgehead atoms. The number of rotatable bonds is 6. The van der Waals surface area contributed by atoms with Crippen molar-refractivity contribution in [2.45, 2.75) is 25.3 Å². The van der Waals surface area contributed by atoms with E-state index in [2.05, 4.69) is 9.97 Å². The molecule has 1 saturated carbocycles. The summed E-state index contributed by atoms with van der Waals surface area (Å²) in [5.74, 6) is -0.316. The predicted molar refractivity (Wildman–Crippen MR) is 64.0 cm³/mol. The number of hydrogen-bond acceptors (Lipinski definition) is 5. The van der Waals surface area contributed by atoms with Gasteiger partial charge >= 0.3 is 5.97 Å². The molecule has 0 spiro atoms. The first-order valence-corrected chi connectivity index (χ1v) is 5.73. The molecule has 1 aliphatic rings. The third-order valence-corrected chi connectivity index (χ3v) is 2.82. The Labute approximate surface area is 103 Å². The monoisotopic (exact) mass is 253 g/mol. The van der Waals surface area contributed by atoms with Gasteiger partial charge in [-0.05, 0) is 12.8 Å². The molecule has 98 valence electrons. The minimum absolute atomic E-state index is 0.00807. The molecule has 0 aliphatic heterocycles. The molecule has 7 nitrogen and oxygen atoms in total. The van der Waals surface area contributed by atoms with Gasteiger partial charge in [-0.2, -0.15) is 0 Å². The number of hydrogen-bond donors (Lipinski definition) is 2. The van der Waals surface area contributed by atoms with Gasteiger partial charge < -0.3 is 19.7 Å². The van der Waals surface area contributed by atoms with E-state index in [-0.39, 0.29) is 23.8 Å². The molecule has 0 saturated heterocycles. The molecule has 1 aromatic rings. The quantitative estimate of drug-likeness (QED) is 0.753. The fourth-order valence-corrected chi connectivity index (χ4v) is 1.83. The lowest BCUT2D eigenvalue weighted by atomic mass is 10.3. The summed E-state index contributed by atoms with van der Waals surface area (Å²) in [7, 11) is 1.40. The predicted octanol–water partition coefficient (Wildman–Crippen LogP) is 0.222. The molecule has 0 atom stereocenters. The van der Waals surface area contributed by atoms with Gasteiger partial charge in [0.2, 0.25) is 5.75 Å². The van der Waals surface area contributed by atoms with Crippen molar-refractivity contribution in [1.82, 2.24) is 9.97 Å². The summed E-state index contributed by atoms with van der Waals surface area (Å²) in [5.41, 5.74) is -0.358. The maximum absolute atomic E-state index is 11.6. The molecule has 7 heteroatoms. The van der Waals surface area contributed by atoms with Gasteiger partial charge in [-0.3, -0.25) is 9.59 Å². The Balaban J connectivity index is 2.27. The Hall–Kier alpha value is -2.05. The zero-order valence-corrected chi connectivity index (χ0v) is 10.0. The Kier molecular flexibility index (Phi) is 3.50. The molecular weight excluding hydrogens is 238 g/mol. The van der Waals surface area contributed by atoms with Crippen molar-refractivity contribution in [2.75, 3.05) is 18.6 Å². The average molecular weight is 253 g/mol. The number of carboxylic acids is 1. The number of H-pyrrole nitrogens is 1.